The van der Waals surface area contributed by atoms with Gasteiger partial charge in [0.1, 0.15) is 0 Å². The Hall–Kier alpha value is -0.120. The summed E-state index contributed by atoms with van der Waals surface area (Å²) in [6.45, 7) is 11.0. The Morgan fingerprint density at radius 3 is 2.54 bits per heavy atom. The lowest BCUT2D eigenvalue weighted by Crippen LogP contribution is -2.50. The molecule has 76 valence electrons. The van der Waals surface area contributed by atoms with Crippen LogP contribution in [0.4, 0.5) is 0 Å². The molecule has 0 radical (unpaired) electrons. The maximum absolute atomic E-state index is 3.44. The number of likely N-dealkylation sites (N-methyl/N-ethyl adjacent to an activating group) is 1. The first-order valence-electron chi connectivity index (χ1n) is 5.57. The maximum Gasteiger partial charge on any atom is 0.0233 e. The van der Waals surface area contributed by atoms with E-state index in [0.29, 0.717) is 0 Å². The van der Waals surface area contributed by atoms with Crippen molar-refractivity contribution in [2.75, 3.05) is 45.8 Å². The summed E-state index contributed by atoms with van der Waals surface area (Å²) in [6.07, 6.45) is 1.35. The van der Waals surface area contributed by atoms with Gasteiger partial charge < -0.3 is 10.2 Å². The summed E-state index contributed by atoms with van der Waals surface area (Å²) in [5, 5.41) is 3.44. The van der Waals surface area contributed by atoms with Gasteiger partial charge in [0.25, 0.3) is 0 Å². The molecule has 1 N–H and O–H groups in total. The number of nitrogens with one attached hydrogen (secondary N) is 1. The fourth-order valence-electron chi connectivity index (χ4n) is 2.40. The van der Waals surface area contributed by atoms with Gasteiger partial charge in [0.15, 0.2) is 0 Å². The number of hydrogen-bond acceptors (Lipinski definition) is 3. The zero-order valence-corrected chi connectivity index (χ0v) is 8.63. The standard InChI is InChI=1S/C10H21N3/c1-2-12-5-7-13(8-6-12)10-3-4-11-9-10/h10-11H,2-9H2,1H3/t10-/m1/s1. The average molecular weight is 183 g/mol. The Bertz CT molecular complexity index is 146. The highest BCUT2D eigenvalue weighted by atomic mass is 15.3. The molecule has 2 aliphatic rings. The van der Waals surface area contributed by atoms with Crippen molar-refractivity contribution < 1.29 is 0 Å². The van der Waals surface area contributed by atoms with E-state index in [2.05, 4.69) is 22.0 Å². The van der Waals surface area contributed by atoms with Crippen LogP contribution < -0.4 is 5.32 Å². The lowest BCUT2D eigenvalue weighted by atomic mass is 10.2. The molecule has 0 aromatic carbocycles. The van der Waals surface area contributed by atoms with Gasteiger partial charge in [0.2, 0.25) is 0 Å². The van der Waals surface area contributed by atoms with Crippen LogP contribution in [0.25, 0.3) is 0 Å². The summed E-state index contributed by atoms with van der Waals surface area (Å²) in [6, 6.07) is 0.832. The highest BCUT2D eigenvalue weighted by molar-refractivity contribution is 4.83. The fourth-order valence-corrected chi connectivity index (χ4v) is 2.40. The third-order valence-electron chi connectivity index (χ3n) is 3.40. The van der Waals surface area contributed by atoms with E-state index >= 15 is 0 Å². The molecular weight excluding hydrogens is 162 g/mol. The molecule has 0 aromatic heterocycles. The van der Waals surface area contributed by atoms with Crippen molar-refractivity contribution in [1.82, 2.24) is 15.1 Å². The molecule has 3 nitrogen and oxygen atoms in total. The lowest BCUT2D eigenvalue weighted by Gasteiger charge is -2.37. The predicted molar refractivity (Wildman–Crippen MR) is 55.0 cm³/mol. The van der Waals surface area contributed by atoms with E-state index in [-0.39, 0.29) is 0 Å². The molecule has 0 bridgehead atoms. The van der Waals surface area contributed by atoms with E-state index in [0.717, 1.165) is 6.04 Å². The summed E-state index contributed by atoms with van der Waals surface area (Å²) < 4.78 is 0. The SMILES string of the molecule is CCN1CCN([C@@H]2CCNC2)CC1. The largest absolute Gasteiger partial charge is 0.315 e. The fraction of sp³-hybridized carbons (Fsp3) is 1.00. The van der Waals surface area contributed by atoms with Gasteiger partial charge in [-0.25, -0.2) is 0 Å². The second-order valence-electron chi connectivity index (χ2n) is 4.12. The van der Waals surface area contributed by atoms with E-state index in [9.17, 15) is 0 Å². The summed E-state index contributed by atoms with van der Waals surface area (Å²) >= 11 is 0. The first-order chi connectivity index (χ1) is 6.40. The molecule has 0 aromatic rings. The normalized spacial score (nSPS) is 32.5. The number of piperazine rings is 1. The van der Waals surface area contributed by atoms with Crippen LogP contribution in [-0.4, -0.2) is 61.7 Å². The van der Waals surface area contributed by atoms with Gasteiger partial charge in [0.05, 0.1) is 0 Å². The van der Waals surface area contributed by atoms with Gasteiger partial charge in [-0.2, -0.15) is 0 Å². The van der Waals surface area contributed by atoms with Gasteiger partial charge in [0, 0.05) is 38.8 Å². The van der Waals surface area contributed by atoms with Gasteiger partial charge in [-0.1, -0.05) is 6.92 Å². The van der Waals surface area contributed by atoms with Gasteiger partial charge >= 0.3 is 0 Å². The molecular formula is C10H21N3. The molecule has 2 rings (SSSR count). The summed E-state index contributed by atoms with van der Waals surface area (Å²) in [7, 11) is 0. The smallest absolute Gasteiger partial charge is 0.0233 e. The van der Waals surface area contributed by atoms with Crippen molar-refractivity contribution in [3.05, 3.63) is 0 Å². The third kappa shape index (κ3) is 2.22. The quantitative estimate of drug-likeness (QED) is 0.649. The molecule has 13 heavy (non-hydrogen) atoms. The van der Waals surface area contributed by atoms with Crippen LogP contribution in [0.1, 0.15) is 13.3 Å². The van der Waals surface area contributed by atoms with E-state index < -0.39 is 0 Å². The first-order valence-corrected chi connectivity index (χ1v) is 5.57. The Balaban J connectivity index is 1.77. The topological polar surface area (TPSA) is 18.5 Å². The van der Waals surface area contributed by atoms with Crippen LogP contribution in [0.3, 0.4) is 0 Å². The molecule has 0 spiro atoms. The summed E-state index contributed by atoms with van der Waals surface area (Å²) in [4.78, 5) is 5.20. The van der Waals surface area contributed by atoms with Crippen LogP contribution in [0.5, 0.6) is 0 Å². The van der Waals surface area contributed by atoms with Crippen LogP contribution in [0.15, 0.2) is 0 Å². The molecule has 2 fully saturated rings. The van der Waals surface area contributed by atoms with Crippen molar-refractivity contribution in [1.29, 1.82) is 0 Å². The van der Waals surface area contributed by atoms with Crippen molar-refractivity contribution in [2.24, 2.45) is 0 Å². The van der Waals surface area contributed by atoms with Gasteiger partial charge in [-0.3, -0.25) is 4.90 Å². The Morgan fingerprint density at radius 2 is 2.00 bits per heavy atom. The monoisotopic (exact) mass is 183 g/mol. The summed E-state index contributed by atoms with van der Waals surface area (Å²) in [5.74, 6) is 0. The average Bonchev–Trinajstić information content (AvgIpc) is 2.71. The Kier molecular flexibility index (Phi) is 3.19. The van der Waals surface area contributed by atoms with E-state index in [4.69, 9.17) is 0 Å². The highest BCUT2D eigenvalue weighted by Crippen LogP contribution is 2.11. The lowest BCUT2D eigenvalue weighted by molar-refractivity contribution is 0.106. The molecule has 2 heterocycles. The van der Waals surface area contributed by atoms with Crippen molar-refractivity contribution in [2.45, 2.75) is 19.4 Å². The third-order valence-corrected chi connectivity index (χ3v) is 3.40. The summed E-state index contributed by atoms with van der Waals surface area (Å²) in [5.41, 5.74) is 0. The van der Waals surface area contributed by atoms with E-state index in [1.807, 2.05) is 0 Å². The molecule has 0 amide bonds. The molecule has 2 aliphatic heterocycles. The first kappa shape index (κ1) is 9.44. The maximum atomic E-state index is 3.44. The predicted octanol–water partition coefficient (Wildman–Crippen LogP) is -0.0142. The Morgan fingerprint density at radius 1 is 1.23 bits per heavy atom. The number of nitrogens with zero attached hydrogens (tertiary/aromatic N) is 2. The minimum absolute atomic E-state index is 0.832. The van der Waals surface area contributed by atoms with Crippen LogP contribution >= 0.6 is 0 Å². The van der Waals surface area contributed by atoms with Crippen LogP contribution in [0.2, 0.25) is 0 Å². The minimum atomic E-state index is 0.832. The van der Waals surface area contributed by atoms with Crippen molar-refractivity contribution >= 4 is 0 Å². The van der Waals surface area contributed by atoms with Gasteiger partial charge in [-0.15, -0.1) is 0 Å². The van der Waals surface area contributed by atoms with Crippen LogP contribution in [0, 0.1) is 0 Å². The molecule has 1 atom stereocenters. The van der Waals surface area contributed by atoms with E-state index in [1.165, 1.54) is 52.2 Å². The molecule has 0 saturated carbocycles. The molecule has 2 saturated heterocycles. The zero-order chi connectivity index (χ0) is 9.10. The second kappa shape index (κ2) is 4.40. The van der Waals surface area contributed by atoms with Crippen LogP contribution in [-0.2, 0) is 0 Å². The molecule has 0 aliphatic carbocycles. The highest BCUT2D eigenvalue weighted by Gasteiger charge is 2.25. The number of hydrogen-bond donors (Lipinski definition) is 1. The molecule has 0 unspecified atom stereocenters. The number of rotatable bonds is 2. The van der Waals surface area contributed by atoms with Crippen molar-refractivity contribution in [3.63, 3.8) is 0 Å². The molecule has 3 heteroatoms. The second-order valence-corrected chi connectivity index (χ2v) is 4.12. The van der Waals surface area contributed by atoms with Gasteiger partial charge in [-0.05, 0) is 19.5 Å². The van der Waals surface area contributed by atoms with Crippen molar-refractivity contribution in [3.8, 4) is 0 Å². The minimum Gasteiger partial charge on any atom is -0.315 e. The Labute approximate surface area is 81.1 Å². The van der Waals surface area contributed by atoms with E-state index in [1.54, 1.807) is 0 Å². The zero-order valence-electron chi connectivity index (χ0n) is 8.63.